The zero-order chi connectivity index (χ0) is 13.6. The maximum atomic E-state index is 12.0. The monoisotopic (exact) mass is 271 g/mol. The number of carbonyl (C=O) groups excluding carboxylic acids is 3. The molecule has 3 unspecified atom stereocenters. The summed E-state index contributed by atoms with van der Waals surface area (Å²) in [4.78, 5) is 34.3. The van der Waals surface area contributed by atoms with Gasteiger partial charge in [0.2, 0.25) is 5.91 Å². The highest BCUT2D eigenvalue weighted by atomic mass is 32.2. The minimum atomic E-state index is -0.540. The van der Waals surface area contributed by atoms with Crippen molar-refractivity contribution >= 4 is 28.8 Å². The fourth-order valence-electron chi connectivity index (χ4n) is 2.90. The highest BCUT2D eigenvalue weighted by Crippen LogP contribution is 2.59. The third kappa shape index (κ3) is 1.83. The fourth-order valence-corrected chi connectivity index (χ4v) is 4.32. The van der Waals surface area contributed by atoms with Gasteiger partial charge >= 0.3 is 5.97 Å². The van der Waals surface area contributed by atoms with Crippen molar-refractivity contribution in [2.75, 3.05) is 7.11 Å². The molecule has 0 aliphatic carbocycles. The first-order chi connectivity index (χ1) is 8.32. The van der Waals surface area contributed by atoms with Crippen molar-refractivity contribution in [3.05, 3.63) is 0 Å². The van der Waals surface area contributed by atoms with Crippen LogP contribution in [0.4, 0.5) is 0 Å². The molecule has 0 bridgehead atoms. The molecule has 6 heteroatoms. The quantitative estimate of drug-likeness (QED) is 0.777. The van der Waals surface area contributed by atoms with Crippen molar-refractivity contribution in [3.8, 4) is 0 Å². The Morgan fingerprint density at radius 1 is 1.50 bits per heavy atom. The second kappa shape index (κ2) is 4.26. The van der Waals surface area contributed by atoms with Crippen molar-refractivity contribution in [3.63, 3.8) is 0 Å². The van der Waals surface area contributed by atoms with Crippen LogP contribution in [0.25, 0.3) is 0 Å². The van der Waals surface area contributed by atoms with E-state index in [0.717, 1.165) is 0 Å². The van der Waals surface area contributed by atoms with E-state index in [2.05, 4.69) is 10.1 Å². The van der Waals surface area contributed by atoms with E-state index >= 15 is 0 Å². The first kappa shape index (κ1) is 13.4. The first-order valence-corrected chi connectivity index (χ1v) is 6.75. The normalized spacial score (nSPS) is 38.5. The number of ether oxygens (including phenoxy) is 1. The number of hydrogen-bond acceptors (Lipinski definition) is 5. The summed E-state index contributed by atoms with van der Waals surface area (Å²) in [7, 11) is 1.33. The molecule has 2 fully saturated rings. The van der Waals surface area contributed by atoms with Gasteiger partial charge in [-0.2, -0.15) is 0 Å². The Morgan fingerprint density at radius 3 is 2.78 bits per heavy atom. The van der Waals surface area contributed by atoms with Gasteiger partial charge in [0, 0.05) is 24.2 Å². The topological polar surface area (TPSA) is 72.5 Å². The highest BCUT2D eigenvalue weighted by Gasteiger charge is 2.64. The molecule has 3 atom stereocenters. The van der Waals surface area contributed by atoms with Crippen molar-refractivity contribution in [2.24, 2.45) is 11.3 Å². The van der Waals surface area contributed by atoms with Crippen LogP contribution in [0.2, 0.25) is 0 Å². The molecular formula is C12H17NO4S. The molecule has 100 valence electrons. The molecular weight excluding hydrogens is 254 g/mol. The lowest BCUT2D eigenvalue weighted by atomic mass is 9.71. The average Bonchev–Trinajstić information content (AvgIpc) is 2.57. The number of methoxy groups -OCH3 is 1. The van der Waals surface area contributed by atoms with Crippen molar-refractivity contribution in [1.29, 1.82) is 0 Å². The highest BCUT2D eigenvalue weighted by molar-refractivity contribution is 8.15. The summed E-state index contributed by atoms with van der Waals surface area (Å²) < 4.78 is 4.59. The average molecular weight is 271 g/mol. The minimum absolute atomic E-state index is 0.0658. The third-order valence-electron chi connectivity index (χ3n) is 4.23. The van der Waals surface area contributed by atoms with Gasteiger partial charge in [-0.3, -0.25) is 14.4 Å². The Bertz CT molecular complexity index is 424. The number of nitrogens with one attached hydrogen (secondary N) is 1. The molecule has 0 aromatic heterocycles. The van der Waals surface area contributed by atoms with E-state index in [0.29, 0.717) is 12.8 Å². The van der Waals surface area contributed by atoms with E-state index in [9.17, 15) is 14.4 Å². The lowest BCUT2D eigenvalue weighted by molar-refractivity contribution is -0.141. The molecule has 2 rings (SSSR count). The molecule has 2 heterocycles. The van der Waals surface area contributed by atoms with Gasteiger partial charge in [-0.1, -0.05) is 18.7 Å². The van der Waals surface area contributed by atoms with Crippen LogP contribution in [0.1, 0.15) is 33.1 Å². The summed E-state index contributed by atoms with van der Waals surface area (Å²) in [5.41, 5.74) is -0.417. The maximum absolute atomic E-state index is 12.0. The lowest BCUT2D eigenvalue weighted by Gasteiger charge is -2.34. The van der Waals surface area contributed by atoms with E-state index in [-0.39, 0.29) is 29.3 Å². The summed E-state index contributed by atoms with van der Waals surface area (Å²) in [6.07, 6.45) is 1.01. The number of amides is 1. The second-order valence-electron chi connectivity index (χ2n) is 5.26. The molecule has 0 radical (unpaired) electrons. The minimum Gasteiger partial charge on any atom is -0.469 e. The molecule has 18 heavy (non-hydrogen) atoms. The molecule has 2 aliphatic heterocycles. The number of esters is 1. The van der Waals surface area contributed by atoms with E-state index < -0.39 is 10.3 Å². The van der Waals surface area contributed by atoms with Gasteiger partial charge < -0.3 is 10.1 Å². The van der Waals surface area contributed by atoms with Gasteiger partial charge in [0.1, 0.15) is 0 Å². The lowest BCUT2D eigenvalue weighted by Crippen LogP contribution is -2.42. The van der Waals surface area contributed by atoms with Gasteiger partial charge in [0.15, 0.2) is 5.12 Å². The molecule has 2 saturated heterocycles. The molecule has 0 aromatic carbocycles. The Morgan fingerprint density at radius 2 is 2.17 bits per heavy atom. The van der Waals surface area contributed by atoms with Gasteiger partial charge in [0.25, 0.3) is 0 Å². The molecule has 0 aromatic rings. The van der Waals surface area contributed by atoms with Crippen molar-refractivity contribution in [1.82, 2.24) is 5.32 Å². The second-order valence-corrected chi connectivity index (χ2v) is 6.73. The van der Waals surface area contributed by atoms with Crippen molar-refractivity contribution < 1.29 is 19.1 Å². The van der Waals surface area contributed by atoms with E-state index in [1.807, 2.05) is 13.8 Å². The molecule has 2 aliphatic rings. The summed E-state index contributed by atoms with van der Waals surface area (Å²) >= 11 is 1.20. The number of carbonyl (C=O) groups is 3. The Kier molecular flexibility index (Phi) is 3.17. The zero-order valence-electron chi connectivity index (χ0n) is 10.7. The zero-order valence-corrected chi connectivity index (χ0v) is 11.6. The van der Waals surface area contributed by atoms with Gasteiger partial charge in [-0.25, -0.2) is 0 Å². The largest absolute Gasteiger partial charge is 0.469 e. The standard InChI is InChI=1S/C12H17NO4S/c1-11-6-9(15)18-12(11,2)13-10(16)7(11)4-5-8(14)17-3/h7H,4-6H2,1-3H3,(H,13,16). The molecule has 1 amide bonds. The smallest absolute Gasteiger partial charge is 0.305 e. The van der Waals surface area contributed by atoms with Crippen LogP contribution in [0, 0.1) is 11.3 Å². The molecule has 0 saturated carbocycles. The number of thioether (sulfide) groups is 1. The van der Waals surface area contributed by atoms with E-state index in [1.54, 1.807) is 0 Å². The van der Waals surface area contributed by atoms with Crippen LogP contribution < -0.4 is 5.32 Å². The molecule has 0 spiro atoms. The Hall–Kier alpha value is -1.04. The molecule has 1 N–H and O–H groups in total. The molecule has 5 nitrogen and oxygen atoms in total. The first-order valence-electron chi connectivity index (χ1n) is 5.93. The van der Waals surface area contributed by atoms with E-state index in [1.165, 1.54) is 18.9 Å². The number of fused-ring (bicyclic) bond motifs is 1. The summed E-state index contributed by atoms with van der Waals surface area (Å²) in [6.45, 7) is 3.84. The third-order valence-corrected chi connectivity index (χ3v) is 5.58. The van der Waals surface area contributed by atoms with Gasteiger partial charge in [-0.05, 0) is 13.3 Å². The van der Waals surface area contributed by atoms with Crippen LogP contribution >= 0.6 is 11.8 Å². The number of rotatable bonds is 3. The van der Waals surface area contributed by atoms with Crippen LogP contribution in [-0.4, -0.2) is 29.0 Å². The maximum Gasteiger partial charge on any atom is 0.305 e. The fraction of sp³-hybridized carbons (Fsp3) is 0.750. The van der Waals surface area contributed by atoms with Crippen LogP contribution in [-0.2, 0) is 19.1 Å². The van der Waals surface area contributed by atoms with Gasteiger partial charge in [0.05, 0.1) is 12.0 Å². The summed E-state index contributed by atoms with van der Waals surface area (Å²) in [6, 6.07) is 0. The van der Waals surface area contributed by atoms with Crippen LogP contribution in [0.5, 0.6) is 0 Å². The summed E-state index contributed by atoms with van der Waals surface area (Å²) in [5, 5.41) is 3.01. The van der Waals surface area contributed by atoms with Crippen molar-refractivity contribution in [2.45, 2.75) is 38.0 Å². The van der Waals surface area contributed by atoms with Crippen LogP contribution in [0.15, 0.2) is 0 Å². The number of hydrogen-bond donors (Lipinski definition) is 1. The SMILES string of the molecule is COC(=O)CCC1C(=O)NC2(C)SC(=O)CC12C. The predicted molar refractivity (Wildman–Crippen MR) is 66.6 cm³/mol. The van der Waals surface area contributed by atoms with E-state index in [4.69, 9.17) is 0 Å². The predicted octanol–water partition coefficient (Wildman–Crippen LogP) is 1.07. The Labute approximate surface area is 110 Å². The Balaban J connectivity index is 2.17. The van der Waals surface area contributed by atoms with Crippen LogP contribution in [0.3, 0.4) is 0 Å². The summed E-state index contributed by atoms with van der Waals surface area (Å²) in [5.74, 6) is -0.693. The van der Waals surface area contributed by atoms with Gasteiger partial charge in [-0.15, -0.1) is 0 Å².